The average molecular weight is 266 g/mol. The Labute approximate surface area is 116 Å². The molecule has 2 aliphatic rings. The molecule has 2 saturated heterocycles. The molecule has 2 aliphatic heterocycles. The van der Waals surface area contributed by atoms with Gasteiger partial charge in [-0.3, -0.25) is 4.79 Å². The smallest absolute Gasteiger partial charge is 0.246 e. The van der Waals surface area contributed by atoms with E-state index in [0.717, 1.165) is 45.4 Å². The summed E-state index contributed by atoms with van der Waals surface area (Å²) in [4.78, 5) is 14.3. The van der Waals surface area contributed by atoms with Gasteiger partial charge in [-0.25, -0.2) is 0 Å². The third-order valence-corrected chi connectivity index (χ3v) is 4.22. The molecule has 0 radical (unpaired) electrons. The van der Waals surface area contributed by atoms with Crippen molar-refractivity contribution in [3.8, 4) is 0 Å². The number of allylic oxidation sites excluding steroid dienone is 1. The first-order valence-corrected chi connectivity index (χ1v) is 7.50. The number of piperidine rings is 1. The largest absolute Gasteiger partial charge is 0.381 e. The van der Waals surface area contributed by atoms with Gasteiger partial charge in [0.05, 0.1) is 0 Å². The third-order valence-electron chi connectivity index (χ3n) is 4.22. The van der Waals surface area contributed by atoms with Gasteiger partial charge >= 0.3 is 0 Å². The van der Waals surface area contributed by atoms with E-state index in [1.807, 2.05) is 11.8 Å². The van der Waals surface area contributed by atoms with Gasteiger partial charge in [0.25, 0.3) is 0 Å². The summed E-state index contributed by atoms with van der Waals surface area (Å²) < 4.78 is 5.33. The number of nitrogens with two attached hydrogens (primary N) is 1. The van der Waals surface area contributed by atoms with Gasteiger partial charge in [0.1, 0.15) is 0 Å². The number of hydrogen-bond donors (Lipinski definition) is 1. The van der Waals surface area contributed by atoms with E-state index >= 15 is 0 Å². The summed E-state index contributed by atoms with van der Waals surface area (Å²) in [5, 5.41) is 0. The van der Waals surface area contributed by atoms with E-state index in [9.17, 15) is 4.79 Å². The summed E-state index contributed by atoms with van der Waals surface area (Å²) in [5.74, 6) is 0.629. The van der Waals surface area contributed by atoms with Crippen LogP contribution in [0.4, 0.5) is 0 Å². The first-order valence-electron chi connectivity index (χ1n) is 7.50. The van der Waals surface area contributed by atoms with Gasteiger partial charge in [-0.2, -0.15) is 0 Å². The molecule has 0 aromatic heterocycles. The molecule has 2 rings (SSSR count). The zero-order chi connectivity index (χ0) is 13.7. The Morgan fingerprint density at radius 3 is 2.74 bits per heavy atom. The molecule has 4 heteroatoms. The Morgan fingerprint density at radius 2 is 2.05 bits per heavy atom. The number of amides is 1. The fourth-order valence-corrected chi connectivity index (χ4v) is 3.00. The van der Waals surface area contributed by atoms with Crippen LogP contribution in [0.5, 0.6) is 0 Å². The molecule has 0 spiro atoms. The maximum Gasteiger partial charge on any atom is 0.246 e. The van der Waals surface area contributed by atoms with Crippen LogP contribution in [0.1, 0.15) is 39.0 Å². The normalized spacial score (nSPS) is 27.7. The molecular weight excluding hydrogens is 240 g/mol. The first kappa shape index (κ1) is 14.5. The van der Waals surface area contributed by atoms with Crippen LogP contribution in [-0.4, -0.2) is 42.6 Å². The van der Waals surface area contributed by atoms with Crippen molar-refractivity contribution in [2.75, 3.05) is 19.8 Å². The molecule has 0 aliphatic carbocycles. The highest BCUT2D eigenvalue weighted by atomic mass is 16.5. The number of ether oxygens (including phenoxy) is 1. The van der Waals surface area contributed by atoms with Crippen LogP contribution in [0, 0.1) is 5.92 Å². The molecule has 0 bridgehead atoms. The van der Waals surface area contributed by atoms with Crippen molar-refractivity contribution in [3.05, 3.63) is 12.2 Å². The second-order valence-electron chi connectivity index (χ2n) is 5.76. The molecule has 0 aromatic carbocycles. The topological polar surface area (TPSA) is 55.6 Å². The van der Waals surface area contributed by atoms with Crippen LogP contribution in [0.25, 0.3) is 0 Å². The number of likely N-dealkylation sites (tertiary alicyclic amines) is 1. The number of carbonyl (C=O) groups excluding carboxylic acids is 1. The fourth-order valence-electron chi connectivity index (χ4n) is 3.00. The van der Waals surface area contributed by atoms with E-state index in [-0.39, 0.29) is 18.0 Å². The lowest BCUT2D eigenvalue weighted by Crippen LogP contribution is -2.51. The van der Waals surface area contributed by atoms with Crippen molar-refractivity contribution in [1.82, 2.24) is 4.90 Å². The van der Waals surface area contributed by atoms with Crippen molar-refractivity contribution in [2.45, 2.75) is 51.1 Å². The molecule has 0 aromatic rings. The number of hydrogen-bond acceptors (Lipinski definition) is 3. The lowest BCUT2D eigenvalue weighted by Gasteiger charge is -2.37. The molecule has 2 heterocycles. The quantitative estimate of drug-likeness (QED) is 0.791. The van der Waals surface area contributed by atoms with E-state index in [1.165, 1.54) is 6.42 Å². The average Bonchev–Trinajstić information content (AvgIpc) is 2.46. The van der Waals surface area contributed by atoms with E-state index in [0.29, 0.717) is 5.92 Å². The van der Waals surface area contributed by atoms with Crippen molar-refractivity contribution in [2.24, 2.45) is 11.7 Å². The van der Waals surface area contributed by atoms with Gasteiger partial charge in [-0.1, -0.05) is 6.08 Å². The Balaban J connectivity index is 1.91. The Morgan fingerprint density at radius 1 is 1.32 bits per heavy atom. The van der Waals surface area contributed by atoms with E-state index < -0.39 is 0 Å². The van der Waals surface area contributed by atoms with Crippen LogP contribution in [0.2, 0.25) is 0 Å². The van der Waals surface area contributed by atoms with Gasteiger partial charge in [0.15, 0.2) is 0 Å². The first-order chi connectivity index (χ1) is 9.18. The predicted octanol–water partition coefficient (Wildman–Crippen LogP) is 1.70. The minimum Gasteiger partial charge on any atom is -0.381 e. The molecule has 19 heavy (non-hydrogen) atoms. The summed E-state index contributed by atoms with van der Waals surface area (Å²) in [6.45, 7) is 4.48. The molecule has 2 N–H and O–H groups in total. The Kier molecular flexibility index (Phi) is 5.40. The van der Waals surface area contributed by atoms with Crippen LogP contribution in [-0.2, 0) is 9.53 Å². The zero-order valence-electron chi connectivity index (χ0n) is 11.9. The summed E-state index contributed by atoms with van der Waals surface area (Å²) >= 11 is 0. The van der Waals surface area contributed by atoms with Crippen molar-refractivity contribution in [1.29, 1.82) is 0 Å². The molecule has 108 valence electrons. The minimum absolute atomic E-state index is 0.0562. The number of rotatable bonds is 3. The maximum absolute atomic E-state index is 12.3. The maximum atomic E-state index is 12.3. The lowest BCUT2D eigenvalue weighted by atomic mass is 9.96. The monoisotopic (exact) mass is 266 g/mol. The van der Waals surface area contributed by atoms with Crippen molar-refractivity contribution < 1.29 is 9.53 Å². The lowest BCUT2D eigenvalue weighted by molar-refractivity contribution is -0.130. The highest BCUT2D eigenvalue weighted by Gasteiger charge is 2.28. The molecule has 2 atom stereocenters. The Hall–Kier alpha value is -0.870. The van der Waals surface area contributed by atoms with Gasteiger partial charge < -0.3 is 15.4 Å². The SMILES string of the molecule is CC(N)C1CCCCN1C(=O)C=CC1CCOCC1. The van der Waals surface area contributed by atoms with Crippen LogP contribution in [0.15, 0.2) is 12.2 Å². The molecule has 2 fully saturated rings. The molecule has 0 saturated carbocycles. The standard InChI is InChI=1S/C15H26N2O2/c1-12(16)14-4-2-3-9-17(14)15(18)6-5-13-7-10-19-11-8-13/h5-6,12-14H,2-4,7-11,16H2,1H3. The molecule has 2 unspecified atom stereocenters. The van der Waals surface area contributed by atoms with E-state index in [1.54, 1.807) is 6.08 Å². The third kappa shape index (κ3) is 4.05. The van der Waals surface area contributed by atoms with E-state index in [2.05, 4.69) is 6.08 Å². The highest BCUT2D eigenvalue weighted by molar-refractivity contribution is 5.88. The van der Waals surface area contributed by atoms with Crippen molar-refractivity contribution in [3.63, 3.8) is 0 Å². The van der Waals surface area contributed by atoms with Gasteiger partial charge in [-0.05, 0) is 51.0 Å². The number of carbonyl (C=O) groups is 1. The van der Waals surface area contributed by atoms with Gasteiger partial charge in [0, 0.05) is 31.8 Å². The second-order valence-corrected chi connectivity index (χ2v) is 5.76. The Bertz CT molecular complexity index is 322. The second kappa shape index (κ2) is 7.06. The summed E-state index contributed by atoms with van der Waals surface area (Å²) in [6.07, 6.45) is 9.20. The predicted molar refractivity (Wildman–Crippen MR) is 75.7 cm³/mol. The van der Waals surface area contributed by atoms with Gasteiger partial charge in [0.2, 0.25) is 5.91 Å². The zero-order valence-corrected chi connectivity index (χ0v) is 11.9. The molecule has 4 nitrogen and oxygen atoms in total. The minimum atomic E-state index is 0.0562. The summed E-state index contributed by atoms with van der Waals surface area (Å²) in [7, 11) is 0. The van der Waals surface area contributed by atoms with Crippen LogP contribution in [0.3, 0.4) is 0 Å². The van der Waals surface area contributed by atoms with Crippen LogP contribution < -0.4 is 5.73 Å². The van der Waals surface area contributed by atoms with Gasteiger partial charge in [-0.15, -0.1) is 0 Å². The van der Waals surface area contributed by atoms with Crippen LogP contribution >= 0.6 is 0 Å². The van der Waals surface area contributed by atoms with E-state index in [4.69, 9.17) is 10.5 Å². The summed E-state index contributed by atoms with van der Waals surface area (Å²) in [5.41, 5.74) is 6.00. The summed E-state index contributed by atoms with van der Waals surface area (Å²) in [6, 6.07) is 0.265. The fraction of sp³-hybridized carbons (Fsp3) is 0.800. The number of nitrogens with zero attached hydrogens (tertiary/aromatic N) is 1. The molecule has 1 amide bonds. The molecular formula is C15H26N2O2. The highest BCUT2D eigenvalue weighted by Crippen LogP contribution is 2.20. The van der Waals surface area contributed by atoms with Crippen molar-refractivity contribution >= 4 is 5.91 Å².